The number of carbonyl (C=O) groups excluding carboxylic acids is 3. The number of benzene rings is 2. The summed E-state index contributed by atoms with van der Waals surface area (Å²) >= 11 is 0. The normalized spacial score (nSPS) is 17.1. The lowest BCUT2D eigenvalue weighted by Gasteiger charge is -2.30. The topological polar surface area (TPSA) is 151 Å². The van der Waals surface area contributed by atoms with Crippen molar-refractivity contribution in [3.63, 3.8) is 0 Å². The second-order valence-electron chi connectivity index (χ2n) is 13.7. The molecule has 4 rings (SSSR count). The zero-order valence-corrected chi connectivity index (χ0v) is 30.3. The molecule has 2 amide bonds. The van der Waals surface area contributed by atoms with Crippen LogP contribution >= 0.6 is 0 Å². The molecule has 0 fully saturated rings. The minimum absolute atomic E-state index is 0.0620. The summed E-state index contributed by atoms with van der Waals surface area (Å²) in [6.45, 7) is 18.1. The van der Waals surface area contributed by atoms with E-state index in [4.69, 9.17) is 19.5 Å². The fraction of sp³-hybridized carbons (Fsp3) is 0.375. The van der Waals surface area contributed by atoms with Crippen molar-refractivity contribution in [3.05, 3.63) is 107 Å². The Labute approximate surface area is 300 Å². The van der Waals surface area contributed by atoms with Gasteiger partial charge in [0, 0.05) is 46.8 Å². The Morgan fingerprint density at radius 1 is 1.00 bits per heavy atom. The molecule has 0 saturated heterocycles. The fourth-order valence-electron chi connectivity index (χ4n) is 5.21. The molecule has 11 heteroatoms. The maximum Gasteiger partial charge on any atom is 0.333 e. The zero-order valence-electron chi connectivity index (χ0n) is 30.3. The minimum atomic E-state index is -0.948. The first-order valence-corrected chi connectivity index (χ1v) is 17.1. The van der Waals surface area contributed by atoms with Crippen molar-refractivity contribution in [3.8, 4) is 11.5 Å². The van der Waals surface area contributed by atoms with Gasteiger partial charge in [-0.1, -0.05) is 76.4 Å². The van der Waals surface area contributed by atoms with E-state index in [0.717, 1.165) is 24.0 Å². The summed E-state index contributed by atoms with van der Waals surface area (Å²) in [7, 11) is 0. The van der Waals surface area contributed by atoms with Crippen molar-refractivity contribution in [1.82, 2.24) is 16.0 Å². The van der Waals surface area contributed by atoms with Crippen LogP contribution in [0, 0.1) is 5.41 Å². The first kappa shape index (κ1) is 38.4. The van der Waals surface area contributed by atoms with Gasteiger partial charge >= 0.3 is 5.97 Å². The summed E-state index contributed by atoms with van der Waals surface area (Å²) in [6, 6.07) is 13.1. The number of hydrogen-bond donors (Lipinski definition) is 4. The third-order valence-corrected chi connectivity index (χ3v) is 8.52. The lowest BCUT2D eigenvalue weighted by Crippen LogP contribution is -2.49. The Balaban J connectivity index is 1.48. The molecule has 1 aliphatic carbocycles. The number of amidine groups is 2. The van der Waals surface area contributed by atoms with Gasteiger partial charge in [0.25, 0.3) is 5.91 Å². The molecule has 11 nitrogen and oxygen atoms in total. The number of nitrogens with one attached hydrogen (secondary N) is 3. The summed E-state index contributed by atoms with van der Waals surface area (Å²) < 4.78 is 11.3. The average Bonchev–Trinajstić information content (AvgIpc) is 3.12. The van der Waals surface area contributed by atoms with Gasteiger partial charge in [-0.05, 0) is 62.8 Å². The van der Waals surface area contributed by atoms with Crippen LogP contribution in [-0.4, -0.2) is 60.4 Å². The maximum atomic E-state index is 13.1. The number of nitrogens with zero attached hydrogens (tertiary/aromatic N) is 2. The average molecular weight is 696 g/mol. The highest BCUT2D eigenvalue weighted by molar-refractivity contribution is 6.16. The first-order valence-electron chi connectivity index (χ1n) is 17.1. The van der Waals surface area contributed by atoms with Gasteiger partial charge in [-0.25, -0.2) is 14.8 Å². The van der Waals surface area contributed by atoms with Gasteiger partial charge in [0.1, 0.15) is 29.8 Å². The second kappa shape index (κ2) is 17.0. The largest absolute Gasteiger partial charge is 0.507 e. The number of amides is 2. The molecule has 2 aromatic rings. The van der Waals surface area contributed by atoms with E-state index in [0.29, 0.717) is 28.7 Å². The van der Waals surface area contributed by atoms with Gasteiger partial charge in [-0.3, -0.25) is 9.59 Å². The van der Waals surface area contributed by atoms with Crippen molar-refractivity contribution in [1.29, 1.82) is 0 Å². The van der Waals surface area contributed by atoms with E-state index in [9.17, 15) is 19.5 Å². The number of aliphatic imine (C=N–C) groups is 2. The Morgan fingerprint density at radius 3 is 2.29 bits per heavy atom. The number of carbonyl (C=O) groups is 3. The number of phenols is 1. The highest BCUT2D eigenvalue weighted by Gasteiger charge is 2.30. The summed E-state index contributed by atoms with van der Waals surface area (Å²) in [5.74, 6) is 0.585. The van der Waals surface area contributed by atoms with Gasteiger partial charge in [-0.2, -0.15) is 0 Å². The van der Waals surface area contributed by atoms with Crippen LogP contribution in [0.5, 0.6) is 11.5 Å². The van der Waals surface area contributed by atoms with Gasteiger partial charge in [0.2, 0.25) is 5.91 Å². The second-order valence-corrected chi connectivity index (χ2v) is 13.7. The van der Waals surface area contributed by atoms with Crippen LogP contribution in [0.25, 0.3) is 0 Å². The number of rotatable bonds is 15. The van der Waals surface area contributed by atoms with Gasteiger partial charge < -0.3 is 30.5 Å². The minimum Gasteiger partial charge on any atom is -0.507 e. The van der Waals surface area contributed by atoms with Crippen LogP contribution < -0.4 is 20.7 Å². The van der Waals surface area contributed by atoms with Crippen LogP contribution in [-0.2, 0) is 19.1 Å². The number of allylic oxidation sites excluding steroid dienone is 3. The lowest BCUT2D eigenvalue weighted by atomic mass is 9.91. The molecule has 2 aliphatic rings. The van der Waals surface area contributed by atoms with Crippen LogP contribution in [0.4, 0.5) is 0 Å². The lowest BCUT2D eigenvalue weighted by molar-refractivity contribution is -0.142. The molecular formula is C40H49N5O6. The van der Waals surface area contributed by atoms with Crippen LogP contribution in [0.3, 0.4) is 0 Å². The molecule has 1 heterocycles. The highest BCUT2D eigenvalue weighted by atomic mass is 16.5. The van der Waals surface area contributed by atoms with Crippen molar-refractivity contribution in [2.24, 2.45) is 15.4 Å². The fourth-order valence-corrected chi connectivity index (χ4v) is 5.21. The Hall–Kier alpha value is -5.45. The van der Waals surface area contributed by atoms with Gasteiger partial charge in [-0.15, -0.1) is 0 Å². The summed E-state index contributed by atoms with van der Waals surface area (Å²) in [4.78, 5) is 47.1. The first-order chi connectivity index (χ1) is 24.2. The Bertz CT molecular complexity index is 1760. The predicted molar refractivity (Wildman–Crippen MR) is 200 cm³/mol. The number of ether oxygens (including phenoxy) is 2. The SMILES string of the molecule is C=C(C)C(=O)NCC(C)(CNC(=O)C(C)Oc1ccc(C2N=C(C3=CC=CCC3)NC(c3ccc(C(C)C)cc3)=N2)c(O)c1)COC(=O)C(=C)C. The van der Waals surface area contributed by atoms with Crippen molar-refractivity contribution < 1.29 is 29.0 Å². The summed E-state index contributed by atoms with van der Waals surface area (Å²) in [6.07, 6.45) is 6.23. The number of phenolic OH excluding ortho intramolecular Hbond substituents is 1. The Morgan fingerprint density at radius 2 is 1.69 bits per heavy atom. The third-order valence-electron chi connectivity index (χ3n) is 8.52. The molecule has 0 spiro atoms. The number of hydrogen-bond acceptors (Lipinski definition) is 9. The molecule has 1 aliphatic heterocycles. The number of aromatic hydroxyl groups is 1. The van der Waals surface area contributed by atoms with E-state index in [-0.39, 0.29) is 42.7 Å². The zero-order chi connectivity index (χ0) is 37.3. The quantitative estimate of drug-likeness (QED) is 0.133. The number of esters is 1. The molecule has 0 saturated carbocycles. The molecule has 51 heavy (non-hydrogen) atoms. The van der Waals surface area contributed by atoms with Crippen molar-refractivity contribution in [2.75, 3.05) is 19.7 Å². The molecule has 0 radical (unpaired) electrons. The third kappa shape index (κ3) is 10.5. The molecule has 3 atom stereocenters. The monoisotopic (exact) mass is 695 g/mol. The van der Waals surface area contributed by atoms with Crippen LogP contribution in [0.1, 0.15) is 83.2 Å². The van der Waals surface area contributed by atoms with Gasteiger partial charge in [0.15, 0.2) is 12.3 Å². The molecule has 0 aromatic heterocycles. The van der Waals surface area contributed by atoms with Crippen molar-refractivity contribution >= 4 is 29.5 Å². The van der Waals surface area contributed by atoms with E-state index in [2.05, 4.69) is 61.2 Å². The Kier molecular flexibility index (Phi) is 12.8. The molecule has 0 bridgehead atoms. The van der Waals surface area contributed by atoms with E-state index >= 15 is 0 Å². The maximum absolute atomic E-state index is 13.1. The smallest absolute Gasteiger partial charge is 0.333 e. The molecule has 3 unspecified atom stereocenters. The highest BCUT2D eigenvalue weighted by Crippen LogP contribution is 2.34. The molecular weight excluding hydrogens is 646 g/mol. The standard InChI is InChI=1S/C40H49N5O6/c1-24(2)28-14-16-30(17-15-28)35-43-34(29-12-10-9-11-13-29)44-36(45-35)32-19-18-31(20-33(32)46)51-27(7)38(48)42-22-40(8,21-41-37(47)25(3)4)23-50-39(49)26(5)6/h9-10,12,14-20,24,27,36,46H,3,5,11,13,21-23H2,1-2,4,6-8H3,(H,41,47)(H,42,48)(H,43,44,45). The van der Waals surface area contributed by atoms with E-state index in [1.165, 1.54) is 18.6 Å². The van der Waals surface area contributed by atoms with E-state index in [1.807, 2.05) is 24.3 Å². The summed E-state index contributed by atoms with van der Waals surface area (Å²) in [5, 5.41) is 20.2. The molecule has 2 aromatic carbocycles. The van der Waals surface area contributed by atoms with Crippen LogP contribution in [0.15, 0.2) is 101 Å². The van der Waals surface area contributed by atoms with E-state index < -0.39 is 29.6 Å². The van der Waals surface area contributed by atoms with Crippen LogP contribution in [0.2, 0.25) is 0 Å². The van der Waals surface area contributed by atoms with Gasteiger partial charge in [0.05, 0.1) is 0 Å². The molecule has 4 N–H and O–H groups in total. The molecule has 270 valence electrons. The predicted octanol–water partition coefficient (Wildman–Crippen LogP) is 5.94. The summed E-state index contributed by atoms with van der Waals surface area (Å²) in [5.41, 5.74) is 3.38. The van der Waals surface area contributed by atoms with Crippen molar-refractivity contribution in [2.45, 2.75) is 72.6 Å². The van der Waals surface area contributed by atoms with E-state index in [1.54, 1.807) is 32.9 Å².